The van der Waals surface area contributed by atoms with E-state index in [1.807, 2.05) is 13.8 Å². The molecule has 1 N–H and O–H groups in total. The van der Waals surface area contributed by atoms with Crippen molar-refractivity contribution < 1.29 is 23.1 Å². The molecular weight excluding hydrogens is 490 g/mol. The number of benzene rings is 2. The van der Waals surface area contributed by atoms with Gasteiger partial charge in [-0.1, -0.05) is 43.1 Å². The zero-order chi connectivity index (χ0) is 25.0. The van der Waals surface area contributed by atoms with E-state index in [0.29, 0.717) is 18.9 Å². The predicted molar refractivity (Wildman–Crippen MR) is 123 cm³/mol. The number of carbonyl (C=O) groups excluding carboxylic acids is 1. The highest BCUT2D eigenvalue weighted by Gasteiger charge is 2.59. The maximum absolute atomic E-state index is 14.2. The summed E-state index contributed by atoms with van der Waals surface area (Å²) in [5.41, 5.74) is -5.11. The number of amides is 1. The van der Waals surface area contributed by atoms with Gasteiger partial charge in [-0.05, 0) is 50.2 Å². The lowest BCUT2D eigenvalue weighted by Crippen LogP contribution is -2.56. The number of hydrogen-bond acceptors (Lipinski definition) is 4. The maximum atomic E-state index is 14.2. The molecule has 180 valence electrons. The summed E-state index contributed by atoms with van der Waals surface area (Å²) in [7, 11) is 0. The van der Waals surface area contributed by atoms with Gasteiger partial charge in [-0.25, -0.2) is 0 Å². The summed E-state index contributed by atoms with van der Waals surface area (Å²) in [6.45, 7) is 5.64. The normalized spacial score (nSPS) is 24.2. The van der Waals surface area contributed by atoms with Gasteiger partial charge in [-0.2, -0.15) is 18.4 Å². The number of nitrogens with zero attached hydrogens (tertiary/aromatic N) is 3. The highest BCUT2D eigenvalue weighted by atomic mass is 35.5. The Labute approximate surface area is 205 Å². The molecule has 0 saturated heterocycles. The maximum Gasteiger partial charge on any atom is 0.416 e. The lowest BCUT2D eigenvalue weighted by molar-refractivity contribution is -0.142. The van der Waals surface area contributed by atoms with Crippen molar-refractivity contribution in [2.45, 2.75) is 50.6 Å². The third kappa shape index (κ3) is 3.75. The largest absolute Gasteiger partial charge is 0.416 e. The van der Waals surface area contributed by atoms with Crippen molar-refractivity contribution in [3.63, 3.8) is 0 Å². The molecule has 1 aliphatic heterocycles. The van der Waals surface area contributed by atoms with Crippen LogP contribution in [0.4, 0.5) is 18.9 Å². The van der Waals surface area contributed by atoms with Gasteiger partial charge in [0.25, 0.3) is 5.91 Å². The lowest BCUT2D eigenvalue weighted by Gasteiger charge is -2.46. The van der Waals surface area contributed by atoms with Crippen molar-refractivity contribution in [3.05, 3.63) is 62.6 Å². The molecule has 1 saturated carbocycles. The SMILES string of the molecule is CCN(CC)C1CC(N2C(=O)C(O)(c3ccc(Cl)cc3Cl)c3c2cc(C#N)cc3C(F)(F)F)C1. The topological polar surface area (TPSA) is 67.6 Å². The van der Waals surface area contributed by atoms with Crippen LogP contribution in [0.3, 0.4) is 0 Å². The van der Waals surface area contributed by atoms with E-state index in [-0.39, 0.29) is 32.9 Å². The first kappa shape index (κ1) is 24.8. The summed E-state index contributed by atoms with van der Waals surface area (Å²) in [5, 5.41) is 21.2. The zero-order valence-electron chi connectivity index (χ0n) is 18.5. The molecule has 1 atom stereocenters. The van der Waals surface area contributed by atoms with E-state index in [9.17, 15) is 28.3 Å². The number of anilines is 1. The number of alkyl halides is 3. The van der Waals surface area contributed by atoms with Gasteiger partial charge >= 0.3 is 6.18 Å². The van der Waals surface area contributed by atoms with Crippen LogP contribution in [0, 0.1) is 11.3 Å². The van der Waals surface area contributed by atoms with Crippen molar-refractivity contribution >= 4 is 34.8 Å². The summed E-state index contributed by atoms with van der Waals surface area (Å²) >= 11 is 12.2. The van der Waals surface area contributed by atoms with E-state index in [2.05, 4.69) is 4.90 Å². The fourth-order valence-electron chi connectivity index (χ4n) is 5.08. The molecule has 0 bridgehead atoms. The van der Waals surface area contributed by atoms with Gasteiger partial charge in [0.1, 0.15) is 0 Å². The first-order valence-corrected chi connectivity index (χ1v) is 11.6. The number of fused-ring (bicyclic) bond motifs is 1. The van der Waals surface area contributed by atoms with E-state index in [1.165, 1.54) is 29.2 Å². The quantitative estimate of drug-likeness (QED) is 0.588. The van der Waals surface area contributed by atoms with E-state index < -0.39 is 34.9 Å². The summed E-state index contributed by atoms with van der Waals surface area (Å²) in [5.74, 6) is -0.921. The second-order valence-corrected chi connectivity index (χ2v) is 9.38. The number of rotatable bonds is 5. The average molecular weight is 512 g/mol. The van der Waals surface area contributed by atoms with E-state index in [1.54, 1.807) is 6.07 Å². The van der Waals surface area contributed by atoms with Crippen molar-refractivity contribution in [1.29, 1.82) is 5.26 Å². The molecule has 10 heteroatoms. The second kappa shape index (κ2) is 8.72. The van der Waals surface area contributed by atoms with E-state index >= 15 is 0 Å². The molecule has 0 radical (unpaired) electrons. The monoisotopic (exact) mass is 511 g/mol. The Morgan fingerprint density at radius 1 is 1.21 bits per heavy atom. The Hall–Kier alpha value is -2.31. The fraction of sp³-hybridized carbons (Fsp3) is 0.417. The van der Waals surface area contributed by atoms with Crippen LogP contribution in [0.1, 0.15) is 48.9 Å². The van der Waals surface area contributed by atoms with Crippen LogP contribution >= 0.6 is 23.2 Å². The molecule has 1 heterocycles. The molecule has 2 aliphatic rings. The Balaban J connectivity index is 1.92. The van der Waals surface area contributed by atoms with Crippen LogP contribution in [-0.2, 0) is 16.6 Å². The van der Waals surface area contributed by atoms with Gasteiger partial charge < -0.3 is 14.9 Å². The third-order valence-corrected chi connectivity index (χ3v) is 7.35. The van der Waals surface area contributed by atoms with Gasteiger partial charge in [0.05, 0.1) is 22.9 Å². The highest BCUT2D eigenvalue weighted by molar-refractivity contribution is 6.35. The summed E-state index contributed by atoms with van der Waals surface area (Å²) in [6.07, 6.45) is -3.85. The number of aliphatic hydroxyl groups is 1. The number of carbonyl (C=O) groups is 1. The second-order valence-electron chi connectivity index (χ2n) is 8.54. The molecule has 1 fully saturated rings. The molecule has 1 amide bonds. The molecule has 5 nitrogen and oxygen atoms in total. The van der Waals surface area contributed by atoms with E-state index in [4.69, 9.17) is 23.2 Å². The zero-order valence-corrected chi connectivity index (χ0v) is 20.0. The molecule has 0 aromatic heterocycles. The molecule has 34 heavy (non-hydrogen) atoms. The number of halogens is 5. The first-order valence-electron chi connectivity index (χ1n) is 10.9. The van der Waals surface area contributed by atoms with Crippen LogP contribution in [0.2, 0.25) is 10.0 Å². The van der Waals surface area contributed by atoms with Crippen molar-refractivity contribution in [3.8, 4) is 6.07 Å². The minimum Gasteiger partial charge on any atom is -0.372 e. The van der Waals surface area contributed by atoms with Crippen LogP contribution in [-0.4, -0.2) is 41.1 Å². The third-order valence-electron chi connectivity index (χ3n) is 6.80. The molecule has 0 spiro atoms. The molecular formula is C24H22Cl2F3N3O2. The van der Waals surface area contributed by atoms with Gasteiger partial charge in [0, 0.05) is 33.3 Å². The summed E-state index contributed by atoms with van der Waals surface area (Å²) in [6, 6.07) is 7.25. The Bertz CT molecular complexity index is 1190. The fourth-order valence-corrected chi connectivity index (χ4v) is 5.62. The average Bonchev–Trinajstić information content (AvgIpc) is 2.96. The van der Waals surface area contributed by atoms with Gasteiger partial charge in [-0.3, -0.25) is 4.79 Å². The van der Waals surface area contributed by atoms with Crippen LogP contribution in [0.5, 0.6) is 0 Å². The molecule has 1 aliphatic carbocycles. The summed E-state index contributed by atoms with van der Waals surface area (Å²) in [4.78, 5) is 17.2. The lowest BCUT2D eigenvalue weighted by atomic mass is 9.83. The standard InChI is InChI=1S/C24H22Cl2F3N3O2/c1-3-31(4-2)15-10-16(11-15)32-20-8-13(12-30)7-18(24(27,28)29)21(20)23(34,22(32)33)17-6-5-14(25)9-19(17)26/h5-9,15-16,34H,3-4,10-11H2,1-2H3. The Morgan fingerprint density at radius 3 is 2.38 bits per heavy atom. The Morgan fingerprint density at radius 2 is 1.85 bits per heavy atom. The van der Waals surface area contributed by atoms with Gasteiger partial charge in [0.15, 0.2) is 5.60 Å². The van der Waals surface area contributed by atoms with Crippen molar-refractivity contribution in [2.24, 2.45) is 0 Å². The highest BCUT2D eigenvalue weighted by Crippen LogP contribution is 2.54. The van der Waals surface area contributed by atoms with Gasteiger partial charge in [0.2, 0.25) is 0 Å². The molecule has 4 rings (SSSR count). The Kier molecular flexibility index (Phi) is 6.36. The molecule has 2 aromatic carbocycles. The minimum atomic E-state index is -4.93. The molecule has 2 aromatic rings. The smallest absolute Gasteiger partial charge is 0.372 e. The summed E-state index contributed by atoms with van der Waals surface area (Å²) < 4.78 is 42.5. The number of nitriles is 1. The van der Waals surface area contributed by atoms with Crippen LogP contribution < -0.4 is 4.90 Å². The van der Waals surface area contributed by atoms with Gasteiger partial charge in [-0.15, -0.1) is 0 Å². The minimum absolute atomic E-state index is 0.118. The van der Waals surface area contributed by atoms with E-state index in [0.717, 1.165) is 13.1 Å². The van der Waals surface area contributed by atoms with Crippen LogP contribution in [0.15, 0.2) is 30.3 Å². The molecule has 1 unspecified atom stereocenters. The number of hydrogen-bond donors (Lipinski definition) is 1. The predicted octanol–water partition coefficient (Wildman–Crippen LogP) is 5.34. The van der Waals surface area contributed by atoms with Crippen LogP contribution in [0.25, 0.3) is 0 Å². The first-order chi connectivity index (χ1) is 16.0. The van der Waals surface area contributed by atoms with Crippen molar-refractivity contribution in [1.82, 2.24) is 4.90 Å². The van der Waals surface area contributed by atoms with Crippen molar-refractivity contribution in [2.75, 3.05) is 18.0 Å².